The Hall–Kier alpha value is -4.42. The molecule has 0 aromatic heterocycles. The molecule has 0 saturated heterocycles. The molecule has 0 amide bonds. The van der Waals surface area contributed by atoms with Crippen LogP contribution in [0.1, 0.15) is 58.4 Å². The second kappa shape index (κ2) is 17.2. The molecule has 0 heterocycles. The second-order valence-corrected chi connectivity index (χ2v) is 9.27. The molecule has 0 radical (unpaired) electrons. The van der Waals surface area contributed by atoms with Gasteiger partial charge in [0.25, 0.3) is 0 Å². The molecule has 1 aromatic carbocycles. The van der Waals surface area contributed by atoms with Gasteiger partial charge in [-0.3, -0.25) is 0 Å². The zero-order chi connectivity index (χ0) is 27.5. The summed E-state index contributed by atoms with van der Waals surface area (Å²) in [5.41, 5.74) is 9.27. The number of hydrogen-bond acceptors (Lipinski definition) is 1. The Morgan fingerprint density at radius 3 is 2.59 bits per heavy atom. The van der Waals surface area contributed by atoms with E-state index in [1.54, 1.807) is 0 Å². The maximum Gasteiger partial charge on any atom is 0.0640 e. The first-order chi connectivity index (χ1) is 19.2. The number of hydrogen-bond donors (Lipinski definition) is 0. The van der Waals surface area contributed by atoms with Gasteiger partial charge in [0.15, 0.2) is 0 Å². The van der Waals surface area contributed by atoms with Crippen LogP contribution in [0.15, 0.2) is 133 Å². The molecule has 0 N–H and O–H groups in total. The Morgan fingerprint density at radius 2 is 1.77 bits per heavy atom. The summed E-state index contributed by atoms with van der Waals surface area (Å²) in [5, 5.41) is 0. The van der Waals surface area contributed by atoms with Crippen LogP contribution in [-0.2, 0) is 0 Å². The van der Waals surface area contributed by atoms with E-state index in [1.807, 2.05) is 56.4 Å². The molecular weight excluding hydrogens is 470 g/mol. The minimum atomic E-state index is 0.0269. The molecule has 2 aliphatic carbocycles. The Morgan fingerprint density at radius 1 is 0.923 bits per heavy atom. The Labute approximate surface area is 236 Å². The summed E-state index contributed by atoms with van der Waals surface area (Å²) < 4.78 is 0. The lowest BCUT2D eigenvalue weighted by Gasteiger charge is -2.22. The fourth-order valence-corrected chi connectivity index (χ4v) is 4.13. The van der Waals surface area contributed by atoms with E-state index < -0.39 is 0 Å². The van der Waals surface area contributed by atoms with Gasteiger partial charge >= 0.3 is 0 Å². The Bertz CT molecular complexity index is 1380. The van der Waals surface area contributed by atoms with Crippen molar-refractivity contribution in [1.29, 1.82) is 0 Å². The van der Waals surface area contributed by atoms with Crippen LogP contribution in [0.3, 0.4) is 0 Å². The van der Waals surface area contributed by atoms with Gasteiger partial charge in [-0.2, -0.15) is 0 Å². The quantitative estimate of drug-likeness (QED) is 0.182. The van der Waals surface area contributed by atoms with Gasteiger partial charge in [0.05, 0.1) is 11.6 Å². The molecule has 1 atom stereocenters. The molecule has 2 aliphatic rings. The topological polar surface area (TPSA) is 3.24 Å². The Kier molecular flexibility index (Phi) is 12.8. The fraction of sp³-hybridized carbons (Fsp3) is 0.237. The molecule has 1 unspecified atom stereocenters. The van der Waals surface area contributed by atoms with E-state index in [9.17, 15) is 0 Å². The summed E-state index contributed by atoms with van der Waals surface area (Å²) in [6.07, 6.45) is 36.0. The lowest BCUT2D eigenvalue weighted by molar-refractivity contribution is 0.880. The molecule has 0 saturated carbocycles. The Balaban J connectivity index is 1.91. The van der Waals surface area contributed by atoms with E-state index in [1.165, 1.54) is 16.7 Å². The fourth-order valence-electron chi connectivity index (χ4n) is 4.13. The van der Waals surface area contributed by atoms with Crippen LogP contribution in [0, 0.1) is 29.6 Å². The van der Waals surface area contributed by atoms with Crippen molar-refractivity contribution in [2.24, 2.45) is 5.92 Å². The molecule has 1 nitrogen and oxygen atoms in total. The van der Waals surface area contributed by atoms with Gasteiger partial charge in [0.2, 0.25) is 0 Å². The van der Waals surface area contributed by atoms with Crippen molar-refractivity contribution in [1.82, 2.24) is 0 Å². The first-order valence-corrected chi connectivity index (χ1v) is 13.8. The number of allylic oxidation sites excluding steroid dienone is 15. The van der Waals surface area contributed by atoms with Crippen LogP contribution in [0.2, 0.25) is 0 Å². The van der Waals surface area contributed by atoms with Crippen LogP contribution in [0.25, 0.3) is 5.57 Å². The van der Waals surface area contributed by atoms with Gasteiger partial charge < -0.3 is 4.90 Å². The molecule has 39 heavy (non-hydrogen) atoms. The van der Waals surface area contributed by atoms with Crippen LogP contribution < -0.4 is 4.90 Å². The summed E-state index contributed by atoms with van der Waals surface area (Å²) >= 11 is 0. The van der Waals surface area contributed by atoms with Gasteiger partial charge in [-0.15, -0.1) is 11.7 Å². The summed E-state index contributed by atoms with van der Waals surface area (Å²) in [5.74, 6) is 13.3. The lowest BCUT2D eigenvalue weighted by atomic mass is 9.99. The standard InChI is InChI=1S/C38H39N/c1-4-6-7-9-12-21-34-22-15-16-26-37(27-17-23-34)39(32-18-20-33(3)19-5-2)38-30-28-36(29-31-38)35-24-13-10-8-11-14-25-35/h4-7,9,12,18-21,23-24,26-32,34H,8,10,13,16,25H2,1-3H3/b6-4-,9-7-,19-5-,21-12+,32-18+,33-20-,35-24+,37-26+. The predicted molar refractivity (Wildman–Crippen MR) is 171 cm³/mol. The zero-order valence-corrected chi connectivity index (χ0v) is 23.5. The molecular formula is C38H39N. The largest absolute Gasteiger partial charge is 0.317 e. The second-order valence-electron chi connectivity index (χ2n) is 9.27. The first-order valence-electron chi connectivity index (χ1n) is 13.8. The third-order valence-corrected chi connectivity index (χ3v) is 6.15. The highest BCUT2D eigenvalue weighted by molar-refractivity contribution is 5.70. The minimum absolute atomic E-state index is 0.0269. The summed E-state index contributed by atoms with van der Waals surface area (Å²) in [6.45, 7) is 6.15. The third-order valence-electron chi connectivity index (χ3n) is 6.15. The van der Waals surface area contributed by atoms with Gasteiger partial charge in [-0.1, -0.05) is 96.2 Å². The van der Waals surface area contributed by atoms with E-state index >= 15 is 0 Å². The molecule has 0 bridgehead atoms. The van der Waals surface area contributed by atoms with Crippen LogP contribution >= 0.6 is 0 Å². The van der Waals surface area contributed by atoms with Crippen molar-refractivity contribution in [3.05, 3.63) is 138 Å². The van der Waals surface area contributed by atoms with E-state index in [-0.39, 0.29) is 5.92 Å². The molecule has 3 rings (SSSR count). The maximum absolute atomic E-state index is 3.39. The van der Waals surface area contributed by atoms with Crippen molar-refractivity contribution in [3.8, 4) is 23.7 Å². The maximum atomic E-state index is 3.39. The van der Waals surface area contributed by atoms with Crippen LogP contribution in [0.5, 0.6) is 0 Å². The average molecular weight is 510 g/mol. The van der Waals surface area contributed by atoms with Crippen LogP contribution in [0.4, 0.5) is 5.69 Å². The SMILES string of the molecule is C\C=C/C=C\C=C\C1C#CC/C=C(/N(/C=C/C=C(C)\C=C/C)c2ccc(/C3=C/CCCC#CC3)cc2)C=C=C1. The van der Waals surface area contributed by atoms with Gasteiger partial charge in [0, 0.05) is 37.2 Å². The smallest absolute Gasteiger partial charge is 0.0640 e. The highest BCUT2D eigenvalue weighted by Crippen LogP contribution is 2.27. The van der Waals surface area contributed by atoms with Crippen molar-refractivity contribution >= 4 is 11.3 Å². The van der Waals surface area contributed by atoms with E-state index in [0.29, 0.717) is 6.42 Å². The van der Waals surface area contributed by atoms with Gasteiger partial charge in [-0.25, -0.2) is 0 Å². The van der Waals surface area contributed by atoms with Crippen molar-refractivity contribution < 1.29 is 0 Å². The molecule has 196 valence electrons. The number of benzene rings is 1. The molecule has 0 fully saturated rings. The van der Waals surface area contributed by atoms with Gasteiger partial charge in [0.1, 0.15) is 0 Å². The van der Waals surface area contributed by atoms with Crippen molar-refractivity contribution in [3.63, 3.8) is 0 Å². The number of rotatable bonds is 9. The zero-order valence-electron chi connectivity index (χ0n) is 23.5. The average Bonchev–Trinajstić information content (AvgIpc) is 3.04. The summed E-state index contributed by atoms with van der Waals surface area (Å²) in [6, 6.07) is 8.80. The van der Waals surface area contributed by atoms with E-state index in [2.05, 4.69) is 114 Å². The summed E-state index contributed by atoms with van der Waals surface area (Å²) in [7, 11) is 0. The first kappa shape index (κ1) is 29.1. The van der Waals surface area contributed by atoms with Crippen molar-refractivity contribution in [2.75, 3.05) is 4.90 Å². The lowest BCUT2D eigenvalue weighted by Crippen LogP contribution is -2.14. The number of nitrogens with zero attached hydrogens (tertiary/aromatic N) is 1. The minimum Gasteiger partial charge on any atom is -0.317 e. The van der Waals surface area contributed by atoms with E-state index in [0.717, 1.165) is 37.1 Å². The van der Waals surface area contributed by atoms with Crippen LogP contribution in [-0.4, -0.2) is 0 Å². The number of anilines is 1. The highest BCUT2D eigenvalue weighted by atomic mass is 15.1. The van der Waals surface area contributed by atoms with Crippen molar-refractivity contribution in [2.45, 2.75) is 52.9 Å². The van der Waals surface area contributed by atoms with E-state index in [4.69, 9.17) is 0 Å². The molecule has 0 spiro atoms. The summed E-state index contributed by atoms with van der Waals surface area (Å²) in [4.78, 5) is 2.20. The highest BCUT2D eigenvalue weighted by Gasteiger charge is 2.09. The normalized spacial score (nSPS) is 20.9. The monoisotopic (exact) mass is 509 g/mol. The predicted octanol–water partition coefficient (Wildman–Crippen LogP) is 9.80. The molecule has 1 aromatic rings. The third kappa shape index (κ3) is 10.5. The molecule has 0 aliphatic heterocycles. The molecule has 1 heteroatoms. The van der Waals surface area contributed by atoms with Gasteiger partial charge in [-0.05, 0) is 75.1 Å².